The smallest absolute Gasteiger partial charge is 0.243 e. The number of nitrogens with two attached hydrogens (primary N) is 1. The van der Waals surface area contributed by atoms with Crippen molar-refractivity contribution in [1.82, 2.24) is 8.61 Å². The molecule has 0 spiro atoms. The largest absolute Gasteiger partial charge is 0.326 e. The molecule has 0 atom stereocenters. The number of nitrogens with zero attached hydrogens (tertiary/aromatic N) is 3. The van der Waals surface area contributed by atoms with Crippen LogP contribution in [-0.4, -0.2) is 68.5 Å². The summed E-state index contributed by atoms with van der Waals surface area (Å²) < 4.78 is 119. The van der Waals surface area contributed by atoms with E-state index >= 15 is 0 Å². The number of hydrogen-bond acceptors (Lipinski definition) is 11. The molecule has 4 heterocycles. The van der Waals surface area contributed by atoms with Gasteiger partial charge >= 0.3 is 0 Å². The number of sulfonamides is 2. The van der Waals surface area contributed by atoms with Gasteiger partial charge in [0.25, 0.3) is 0 Å². The molecule has 2 fully saturated rings. The molecule has 6 rings (SSSR count). The highest BCUT2D eigenvalue weighted by molar-refractivity contribution is 7.94. The van der Waals surface area contributed by atoms with Gasteiger partial charge in [0, 0.05) is 40.3 Å². The van der Waals surface area contributed by atoms with Crippen molar-refractivity contribution in [3.05, 3.63) is 89.1 Å². The van der Waals surface area contributed by atoms with Crippen molar-refractivity contribution in [2.45, 2.75) is 60.2 Å². The molecule has 256 valence electrons. The van der Waals surface area contributed by atoms with E-state index in [1.165, 1.54) is 75.3 Å². The molecule has 0 radical (unpaired) electrons. The van der Waals surface area contributed by atoms with E-state index in [1.807, 2.05) is 0 Å². The van der Waals surface area contributed by atoms with Gasteiger partial charge in [0.05, 0.1) is 26.2 Å². The van der Waals surface area contributed by atoms with Crippen LogP contribution in [0.2, 0.25) is 0 Å². The number of thiophene rings is 2. The van der Waals surface area contributed by atoms with Crippen molar-refractivity contribution in [2.75, 3.05) is 26.2 Å². The molecule has 0 unspecified atom stereocenters. The second-order valence-corrected chi connectivity index (χ2v) is 21.0. The maximum atomic E-state index is 12.8. The predicted octanol–water partition coefficient (Wildman–Crippen LogP) is 4.74. The fourth-order valence-corrected chi connectivity index (χ4v) is 13.4. The summed E-state index contributed by atoms with van der Waals surface area (Å²) >= 11 is 1.60. The van der Waals surface area contributed by atoms with Crippen molar-refractivity contribution in [3.8, 4) is 0 Å². The molecule has 2 aromatic heterocycles. The Bertz CT molecular complexity index is 2370. The van der Waals surface area contributed by atoms with E-state index in [9.17, 15) is 33.7 Å². The fourth-order valence-electron chi connectivity index (χ4n) is 5.05. The topological polar surface area (TPSA) is 173 Å². The van der Waals surface area contributed by atoms with Gasteiger partial charge in [-0.1, -0.05) is 12.1 Å². The molecule has 4 aromatic rings. The molecular weight excluding hydrogens is 737 g/mol. The van der Waals surface area contributed by atoms with Crippen LogP contribution in [0.3, 0.4) is 0 Å². The van der Waals surface area contributed by atoms with Gasteiger partial charge in [0.1, 0.15) is 8.42 Å². The molecular formula is C30H32N4O8S6. The van der Waals surface area contributed by atoms with Gasteiger partial charge in [0.15, 0.2) is 0 Å². The molecule has 2 aromatic carbocycles. The normalized spacial score (nSPS) is 17.2. The monoisotopic (exact) mass is 770 g/mol. The van der Waals surface area contributed by atoms with E-state index < -0.39 is 46.2 Å². The van der Waals surface area contributed by atoms with E-state index in [4.69, 9.17) is 15.0 Å². The Morgan fingerprint density at radius 1 is 0.646 bits per heavy atom. The molecule has 12 nitrogen and oxygen atoms in total. The summed E-state index contributed by atoms with van der Waals surface area (Å²) in [4.78, 5) is 2.97. The Morgan fingerprint density at radius 2 is 1.06 bits per heavy atom. The Labute approximate surface area is 292 Å². The van der Waals surface area contributed by atoms with E-state index in [0.29, 0.717) is 26.2 Å². The van der Waals surface area contributed by atoms with Crippen LogP contribution in [0.1, 0.15) is 33.3 Å². The third-order valence-electron chi connectivity index (χ3n) is 7.57. The van der Waals surface area contributed by atoms with Gasteiger partial charge in [0.2, 0.25) is 44.7 Å². The average molecular weight is 771 g/mol. The summed E-state index contributed by atoms with van der Waals surface area (Å²) in [5.74, 6) is 0. The van der Waals surface area contributed by atoms with Crippen molar-refractivity contribution in [3.63, 3.8) is 0 Å². The third kappa shape index (κ3) is 7.44. The molecule has 2 N–H and O–H groups in total. The van der Waals surface area contributed by atoms with Crippen LogP contribution in [0.4, 0.5) is 5.00 Å². The Balaban J connectivity index is 0.000000195. The summed E-state index contributed by atoms with van der Waals surface area (Å²) in [5, 5.41) is 0.273. The highest BCUT2D eigenvalue weighted by Crippen LogP contribution is 2.34. The zero-order valence-electron chi connectivity index (χ0n) is 27.2. The second kappa shape index (κ2) is 14.5. The molecule has 2 saturated heterocycles. The van der Waals surface area contributed by atoms with Gasteiger partial charge in [-0.05, 0) is 86.3 Å². The van der Waals surface area contributed by atoms with Crippen LogP contribution in [0.15, 0.2) is 101 Å². The van der Waals surface area contributed by atoms with Gasteiger partial charge in [-0.2, -0.15) is 8.61 Å². The lowest BCUT2D eigenvalue weighted by molar-refractivity contribution is 0.476. The average Bonchev–Trinajstić information content (AvgIpc) is 3.92. The molecule has 0 bridgehead atoms. The molecule has 0 aliphatic carbocycles. The first-order valence-corrected chi connectivity index (χ1v) is 21.9. The lowest BCUT2D eigenvalue weighted by Gasteiger charge is -2.16. The van der Waals surface area contributed by atoms with E-state index in [2.05, 4.69) is 4.85 Å². The van der Waals surface area contributed by atoms with Crippen LogP contribution in [-0.2, 0) is 46.2 Å². The first-order chi connectivity index (χ1) is 23.4. The minimum Gasteiger partial charge on any atom is -0.326 e. The molecule has 0 amide bonds. The minimum absolute atomic E-state index is 0.0209. The molecule has 18 heteroatoms. The number of benzene rings is 2. The SMILES string of the molecule is [2H]C([2H])(N)c1ccc(S(=O)(=O)c2cccc(S(=O)(=O)N3CCCC3)c2)s1.[C-]#[N+]c1ccc(S(=O)(=O)c2cccc(S(=O)(=O)N3CCCC3)c2)s1. The van der Waals surface area contributed by atoms with Crippen molar-refractivity contribution in [2.24, 2.45) is 5.73 Å². The maximum Gasteiger partial charge on any atom is 0.243 e. The summed E-state index contributed by atoms with van der Waals surface area (Å²) in [6.07, 6.45) is 3.20. The Morgan fingerprint density at radius 3 is 1.46 bits per heavy atom. The number of rotatable bonds is 9. The molecule has 2 aliphatic heterocycles. The zero-order valence-corrected chi connectivity index (χ0v) is 30.1. The first-order valence-electron chi connectivity index (χ1n) is 15.5. The molecule has 48 heavy (non-hydrogen) atoms. The van der Waals surface area contributed by atoms with Crippen LogP contribution < -0.4 is 5.73 Å². The fraction of sp³-hybridized carbons (Fsp3) is 0.300. The first kappa shape index (κ1) is 33.5. The second-order valence-electron chi connectivity index (χ2n) is 10.6. The van der Waals surface area contributed by atoms with Crippen molar-refractivity contribution >= 4 is 67.4 Å². The van der Waals surface area contributed by atoms with Crippen LogP contribution in [0.25, 0.3) is 4.85 Å². The van der Waals surface area contributed by atoms with Crippen LogP contribution >= 0.6 is 22.7 Å². The lowest BCUT2D eigenvalue weighted by atomic mass is 10.4. The van der Waals surface area contributed by atoms with Crippen molar-refractivity contribution in [1.29, 1.82) is 0 Å². The minimum atomic E-state index is -3.97. The van der Waals surface area contributed by atoms with Crippen molar-refractivity contribution < 1.29 is 36.4 Å². The highest BCUT2D eigenvalue weighted by Gasteiger charge is 2.30. The van der Waals surface area contributed by atoms with Gasteiger partial charge in [-0.25, -0.2) is 38.5 Å². The Kier molecular flexibility index (Phi) is 10.1. The van der Waals surface area contributed by atoms with Gasteiger partial charge < -0.3 is 5.73 Å². The lowest BCUT2D eigenvalue weighted by Crippen LogP contribution is -2.27. The zero-order chi connectivity index (χ0) is 36.5. The molecule has 0 saturated carbocycles. The standard InChI is InChI=1S/C15H14N2O4S3.C15H18N2O4S3/c1-16-14-7-8-15(22-14)23(18,19)12-5-4-6-13(11-12)24(20,21)17-9-2-3-10-17;16-11-12-6-7-15(22-12)23(18,19)13-4-3-5-14(10-13)24(20,21)17-8-1-2-9-17/h4-8,11H,2-3,9-10H2;3-7,10H,1-2,8-9,11,16H2/i;11D2. The van der Waals surface area contributed by atoms with Crippen LogP contribution in [0.5, 0.6) is 0 Å². The number of hydrogen-bond donors (Lipinski definition) is 1. The molecule has 2 aliphatic rings. The van der Waals surface area contributed by atoms with E-state index in [1.54, 1.807) is 0 Å². The summed E-state index contributed by atoms with van der Waals surface area (Å²) in [6.45, 7) is 6.57. The summed E-state index contributed by atoms with van der Waals surface area (Å²) in [6, 6.07) is 16.1. The highest BCUT2D eigenvalue weighted by atomic mass is 32.2. The third-order valence-corrected chi connectivity index (χ3v) is 17.8. The number of sulfone groups is 2. The summed E-state index contributed by atoms with van der Waals surface area (Å²) in [5.41, 5.74) is 5.37. The maximum absolute atomic E-state index is 12.8. The summed E-state index contributed by atoms with van der Waals surface area (Å²) in [7, 11) is -15.2. The Hall–Kier alpha value is -2.99. The quantitative estimate of drug-likeness (QED) is 0.236. The van der Waals surface area contributed by atoms with Gasteiger partial charge in [-0.3, -0.25) is 0 Å². The van der Waals surface area contributed by atoms with E-state index in [-0.39, 0.29) is 37.9 Å². The van der Waals surface area contributed by atoms with Gasteiger partial charge in [-0.15, -0.1) is 22.7 Å². The van der Waals surface area contributed by atoms with E-state index in [0.717, 1.165) is 54.4 Å². The van der Waals surface area contributed by atoms with Crippen LogP contribution in [0, 0.1) is 6.57 Å². The predicted molar refractivity (Wildman–Crippen MR) is 183 cm³/mol.